The Morgan fingerprint density at radius 1 is 1.47 bits per heavy atom. The average Bonchev–Trinajstić information content (AvgIpc) is 2.72. The fourth-order valence-corrected chi connectivity index (χ4v) is 2.50. The Balaban J connectivity index is 2.11. The third kappa shape index (κ3) is 2.21. The fraction of sp³-hybridized carbons (Fsp3) is 0.692. The molecule has 17 heavy (non-hydrogen) atoms. The molecule has 0 saturated heterocycles. The Kier molecular flexibility index (Phi) is 3.50. The minimum absolute atomic E-state index is 0.185. The largest absolute Gasteiger partial charge is 0.336 e. The maximum atomic E-state index is 12.3. The second-order valence-corrected chi connectivity index (χ2v) is 4.77. The van der Waals surface area contributed by atoms with E-state index in [0.717, 1.165) is 38.0 Å². The minimum Gasteiger partial charge on any atom is -0.336 e. The van der Waals surface area contributed by atoms with Crippen molar-refractivity contribution in [3.05, 3.63) is 17.7 Å². The van der Waals surface area contributed by atoms with E-state index in [0.29, 0.717) is 5.91 Å². The number of hydrogen-bond acceptors (Lipinski definition) is 2. The number of aryl methyl sites for hydroxylation is 1. The normalized spacial score (nSPS) is 15.2. The summed E-state index contributed by atoms with van der Waals surface area (Å²) in [5, 5.41) is 0. The molecule has 2 heterocycles. The van der Waals surface area contributed by atoms with Crippen molar-refractivity contribution in [2.75, 3.05) is 6.54 Å². The van der Waals surface area contributed by atoms with Crippen molar-refractivity contribution in [2.24, 2.45) is 13.0 Å². The first-order valence-electron chi connectivity index (χ1n) is 6.45. The number of hydrogen-bond donors (Lipinski definition) is 0. The summed E-state index contributed by atoms with van der Waals surface area (Å²) in [6.45, 7) is 5.72. The van der Waals surface area contributed by atoms with Gasteiger partial charge in [-0.2, -0.15) is 0 Å². The van der Waals surface area contributed by atoms with Gasteiger partial charge in [0.25, 0.3) is 0 Å². The Labute approximate surface area is 103 Å². The summed E-state index contributed by atoms with van der Waals surface area (Å²) < 4.78 is 2.03. The van der Waals surface area contributed by atoms with Gasteiger partial charge in [-0.25, -0.2) is 4.98 Å². The second kappa shape index (κ2) is 4.90. The second-order valence-electron chi connectivity index (χ2n) is 4.77. The first kappa shape index (κ1) is 12.1. The van der Waals surface area contributed by atoms with Crippen LogP contribution in [-0.2, 0) is 24.8 Å². The van der Waals surface area contributed by atoms with E-state index >= 15 is 0 Å². The molecule has 1 aliphatic rings. The van der Waals surface area contributed by atoms with Crippen molar-refractivity contribution in [2.45, 2.75) is 39.7 Å². The van der Waals surface area contributed by atoms with Gasteiger partial charge >= 0.3 is 0 Å². The molecule has 0 saturated carbocycles. The van der Waals surface area contributed by atoms with E-state index in [1.807, 2.05) is 22.8 Å². The van der Waals surface area contributed by atoms with E-state index < -0.39 is 0 Å². The summed E-state index contributed by atoms with van der Waals surface area (Å²) in [5.74, 6) is 0.492. The highest BCUT2D eigenvalue weighted by atomic mass is 16.2. The summed E-state index contributed by atoms with van der Waals surface area (Å²) in [6.07, 6.45) is 4.60. The van der Waals surface area contributed by atoms with Gasteiger partial charge in [0, 0.05) is 25.9 Å². The van der Waals surface area contributed by atoms with Crippen molar-refractivity contribution >= 4 is 5.91 Å². The monoisotopic (exact) mass is 235 g/mol. The summed E-state index contributed by atoms with van der Waals surface area (Å²) in [7, 11) is 2.00. The Hall–Kier alpha value is -1.32. The lowest BCUT2D eigenvalue weighted by molar-refractivity contribution is -0.136. The number of rotatable bonds is 3. The molecule has 0 fully saturated rings. The van der Waals surface area contributed by atoms with Crippen LogP contribution in [0, 0.1) is 5.92 Å². The third-order valence-corrected chi connectivity index (χ3v) is 3.75. The van der Waals surface area contributed by atoms with Gasteiger partial charge in [0.2, 0.25) is 5.91 Å². The maximum absolute atomic E-state index is 12.3. The van der Waals surface area contributed by atoms with Crippen LogP contribution >= 0.6 is 0 Å². The smallest absolute Gasteiger partial charge is 0.226 e. The van der Waals surface area contributed by atoms with E-state index in [1.54, 1.807) is 0 Å². The van der Waals surface area contributed by atoms with E-state index in [2.05, 4.69) is 18.8 Å². The molecule has 2 rings (SSSR count). The zero-order chi connectivity index (χ0) is 12.4. The molecule has 1 aliphatic heterocycles. The van der Waals surface area contributed by atoms with Gasteiger partial charge in [-0.1, -0.05) is 13.8 Å². The van der Waals surface area contributed by atoms with Crippen LogP contribution in [0.2, 0.25) is 0 Å². The van der Waals surface area contributed by atoms with Crippen LogP contribution in [0.1, 0.15) is 38.1 Å². The molecule has 0 aromatic carbocycles. The lowest BCUT2D eigenvalue weighted by atomic mass is 10.0. The van der Waals surface area contributed by atoms with Crippen molar-refractivity contribution in [1.82, 2.24) is 14.5 Å². The van der Waals surface area contributed by atoms with Crippen LogP contribution < -0.4 is 0 Å². The Morgan fingerprint density at radius 2 is 2.18 bits per heavy atom. The minimum atomic E-state index is 0.185. The summed E-state index contributed by atoms with van der Waals surface area (Å²) in [5.41, 5.74) is 2.34. The first-order chi connectivity index (χ1) is 8.17. The molecule has 1 aromatic rings. The highest BCUT2D eigenvalue weighted by Crippen LogP contribution is 2.20. The number of fused-ring (bicyclic) bond motifs is 1. The summed E-state index contributed by atoms with van der Waals surface area (Å²) >= 11 is 0. The van der Waals surface area contributed by atoms with Gasteiger partial charge in [-0.15, -0.1) is 0 Å². The number of aromatic nitrogens is 2. The average molecular weight is 235 g/mol. The molecule has 94 valence electrons. The summed E-state index contributed by atoms with van der Waals surface area (Å²) in [4.78, 5) is 18.6. The molecule has 0 atom stereocenters. The molecular weight excluding hydrogens is 214 g/mol. The first-order valence-corrected chi connectivity index (χ1v) is 6.45. The van der Waals surface area contributed by atoms with Gasteiger partial charge in [0.1, 0.15) is 0 Å². The number of amides is 1. The third-order valence-electron chi connectivity index (χ3n) is 3.75. The highest BCUT2D eigenvalue weighted by Gasteiger charge is 2.26. The lowest BCUT2D eigenvalue weighted by Gasteiger charge is -2.30. The van der Waals surface area contributed by atoms with Crippen LogP contribution in [-0.4, -0.2) is 26.9 Å². The fourth-order valence-electron chi connectivity index (χ4n) is 2.50. The van der Waals surface area contributed by atoms with Gasteiger partial charge < -0.3 is 9.47 Å². The molecule has 0 radical (unpaired) electrons. The molecule has 4 heteroatoms. The Bertz CT molecular complexity index is 407. The predicted molar refractivity (Wildman–Crippen MR) is 66.4 cm³/mol. The highest BCUT2D eigenvalue weighted by molar-refractivity contribution is 5.79. The molecule has 1 aromatic heterocycles. The molecule has 1 amide bonds. The number of carbonyl (C=O) groups excluding carboxylic acids is 1. The zero-order valence-electron chi connectivity index (χ0n) is 10.9. The maximum Gasteiger partial charge on any atom is 0.226 e. The van der Waals surface area contributed by atoms with Gasteiger partial charge in [-0.3, -0.25) is 4.79 Å². The van der Waals surface area contributed by atoms with Gasteiger partial charge in [0.15, 0.2) is 0 Å². The standard InChI is InChI=1S/C13H21N3O/c1-4-10(5-2)13(17)16-7-6-11-12(8-16)15(3)9-14-11/h9-10H,4-8H2,1-3H3. The number of imidazole rings is 1. The van der Waals surface area contributed by atoms with E-state index in [-0.39, 0.29) is 5.92 Å². The molecular formula is C13H21N3O. The quantitative estimate of drug-likeness (QED) is 0.800. The van der Waals surface area contributed by atoms with Gasteiger partial charge in [-0.05, 0) is 12.8 Å². The van der Waals surface area contributed by atoms with Crippen LogP contribution in [0.3, 0.4) is 0 Å². The van der Waals surface area contributed by atoms with Crippen molar-refractivity contribution in [3.8, 4) is 0 Å². The predicted octanol–water partition coefficient (Wildman–Crippen LogP) is 1.74. The zero-order valence-corrected chi connectivity index (χ0v) is 10.9. The number of nitrogens with zero attached hydrogens (tertiary/aromatic N) is 3. The molecule has 4 nitrogen and oxygen atoms in total. The van der Waals surface area contributed by atoms with Crippen LogP contribution in [0.4, 0.5) is 0 Å². The Morgan fingerprint density at radius 3 is 2.82 bits per heavy atom. The lowest BCUT2D eigenvalue weighted by Crippen LogP contribution is -2.40. The molecule has 0 spiro atoms. The van der Waals surface area contributed by atoms with Crippen molar-refractivity contribution in [3.63, 3.8) is 0 Å². The van der Waals surface area contributed by atoms with E-state index in [4.69, 9.17) is 0 Å². The van der Waals surface area contributed by atoms with Gasteiger partial charge in [0.05, 0.1) is 24.3 Å². The number of carbonyl (C=O) groups is 1. The SMILES string of the molecule is CCC(CC)C(=O)N1CCc2ncn(C)c2C1. The van der Waals surface area contributed by atoms with Crippen LogP contribution in [0.15, 0.2) is 6.33 Å². The molecule has 0 unspecified atom stereocenters. The van der Waals surface area contributed by atoms with Crippen LogP contribution in [0.25, 0.3) is 0 Å². The van der Waals surface area contributed by atoms with Crippen molar-refractivity contribution < 1.29 is 4.79 Å². The molecule has 0 N–H and O–H groups in total. The van der Waals surface area contributed by atoms with Crippen LogP contribution in [0.5, 0.6) is 0 Å². The van der Waals surface area contributed by atoms with E-state index in [9.17, 15) is 4.79 Å². The van der Waals surface area contributed by atoms with E-state index in [1.165, 1.54) is 5.69 Å². The molecule has 0 aliphatic carbocycles. The molecule has 0 bridgehead atoms. The topological polar surface area (TPSA) is 38.1 Å². The summed E-state index contributed by atoms with van der Waals surface area (Å²) in [6, 6.07) is 0. The van der Waals surface area contributed by atoms with Crippen molar-refractivity contribution in [1.29, 1.82) is 0 Å².